The van der Waals surface area contributed by atoms with E-state index in [9.17, 15) is 27.7 Å². The highest BCUT2D eigenvalue weighted by Crippen LogP contribution is 2.25. The summed E-state index contributed by atoms with van der Waals surface area (Å²) in [5.41, 5.74) is 3.53. The fraction of sp³-hybridized carbons (Fsp3) is 0.333. The van der Waals surface area contributed by atoms with Crippen LogP contribution in [0, 0.1) is 15.9 Å². The number of nitro groups is 1. The Morgan fingerprint density at radius 1 is 1.41 bits per heavy atom. The zero-order valence-corrected chi connectivity index (χ0v) is 8.37. The molecule has 1 unspecified atom stereocenters. The Hall–Kier alpha value is -1.70. The minimum Gasteiger partial charge on any atom is -0.320 e. The van der Waals surface area contributed by atoms with Crippen LogP contribution in [0.4, 0.5) is 23.2 Å². The molecule has 1 aromatic rings. The molecule has 0 radical (unpaired) electrons. The van der Waals surface area contributed by atoms with E-state index in [0.29, 0.717) is 0 Å². The van der Waals surface area contributed by atoms with Crippen LogP contribution in [0.2, 0.25) is 0 Å². The number of rotatable bonds is 3. The second-order valence-electron chi connectivity index (χ2n) is 3.36. The molecule has 1 atom stereocenters. The zero-order valence-electron chi connectivity index (χ0n) is 8.37. The molecule has 2 N–H and O–H groups in total. The van der Waals surface area contributed by atoms with E-state index in [1.807, 2.05) is 0 Å². The van der Waals surface area contributed by atoms with Crippen LogP contribution in [-0.2, 0) is 6.42 Å². The summed E-state index contributed by atoms with van der Waals surface area (Å²) in [6, 6.07) is 0.768. The molecule has 0 spiro atoms. The highest BCUT2D eigenvalue weighted by Gasteiger charge is 2.37. The molecular formula is C9H8F4N2O2. The lowest BCUT2D eigenvalue weighted by Gasteiger charge is -2.15. The monoisotopic (exact) mass is 252 g/mol. The number of alkyl halides is 3. The van der Waals surface area contributed by atoms with Crippen molar-refractivity contribution >= 4 is 5.69 Å². The summed E-state index contributed by atoms with van der Waals surface area (Å²) in [5, 5.41) is 10.4. The number of benzene rings is 1. The molecule has 0 aliphatic rings. The van der Waals surface area contributed by atoms with E-state index in [-0.39, 0.29) is 0 Å². The lowest BCUT2D eigenvalue weighted by atomic mass is 10.0. The zero-order chi connectivity index (χ0) is 13.2. The molecule has 4 nitrogen and oxygen atoms in total. The molecule has 0 amide bonds. The fourth-order valence-electron chi connectivity index (χ4n) is 1.22. The molecule has 0 bridgehead atoms. The van der Waals surface area contributed by atoms with Gasteiger partial charge in [-0.1, -0.05) is 12.1 Å². The van der Waals surface area contributed by atoms with Crippen LogP contribution in [0.1, 0.15) is 5.56 Å². The van der Waals surface area contributed by atoms with Crippen molar-refractivity contribution < 1.29 is 22.5 Å². The van der Waals surface area contributed by atoms with Gasteiger partial charge < -0.3 is 5.73 Å². The molecular weight excluding hydrogens is 244 g/mol. The number of halogens is 4. The van der Waals surface area contributed by atoms with Crippen molar-refractivity contribution in [2.24, 2.45) is 5.73 Å². The van der Waals surface area contributed by atoms with Gasteiger partial charge in [0.15, 0.2) is 0 Å². The van der Waals surface area contributed by atoms with Crippen molar-refractivity contribution in [1.82, 2.24) is 0 Å². The van der Waals surface area contributed by atoms with Gasteiger partial charge >= 0.3 is 11.9 Å². The van der Waals surface area contributed by atoms with Gasteiger partial charge in [-0.3, -0.25) is 10.1 Å². The Labute approximate surface area is 93.2 Å². The first kappa shape index (κ1) is 13.4. The number of nitro benzene ring substituents is 1. The molecule has 0 aliphatic carbocycles. The van der Waals surface area contributed by atoms with Crippen molar-refractivity contribution in [1.29, 1.82) is 0 Å². The summed E-state index contributed by atoms with van der Waals surface area (Å²) in [5.74, 6) is -1.28. The van der Waals surface area contributed by atoms with Gasteiger partial charge in [0.05, 0.1) is 4.92 Å². The van der Waals surface area contributed by atoms with Crippen LogP contribution >= 0.6 is 0 Å². The van der Waals surface area contributed by atoms with E-state index in [1.54, 1.807) is 0 Å². The number of nitrogens with zero attached hydrogens (tertiary/aromatic N) is 1. The van der Waals surface area contributed by atoms with Gasteiger partial charge in [-0.25, -0.2) is 0 Å². The van der Waals surface area contributed by atoms with E-state index in [0.717, 1.165) is 18.2 Å². The molecule has 0 saturated heterocycles. The fourth-order valence-corrected chi connectivity index (χ4v) is 1.22. The van der Waals surface area contributed by atoms with Gasteiger partial charge in [0.1, 0.15) is 6.04 Å². The van der Waals surface area contributed by atoms with Crippen molar-refractivity contribution in [3.05, 3.63) is 39.7 Å². The Bertz CT molecular complexity index is 433. The van der Waals surface area contributed by atoms with Gasteiger partial charge in [-0.05, 0) is 12.0 Å². The lowest BCUT2D eigenvalue weighted by Crippen LogP contribution is -2.39. The normalized spacial score (nSPS) is 13.5. The molecule has 17 heavy (non-hydrogen) atoms. The standard InChI is InChI=1S/C9H8F4N2O2/c10-8-5(4-7(14)9(11,12)13)2-1-3-6(8)15(16)17/h1-3,7H,4,14H2. The lowest BCUT2D eigenvalue weighted by molar-refractivity contribution is -0.387. The summed E-state index contributed by atoms with van der Waals surface area (Å²) >= 11 is 0. The molecule has 1 aromatic carbocycles. The summed E-state index contributed by atoms with van der Waals surface area (Å²) in [4.78, 5) is 9.37. The SMILES string of the molecule is NC(Cc1cccc([N+](=O)[O-])c1F)C(F)(F)F. The smallest absolute Gasteiger partial charge is 0.320 e. The highest BCUT2D eigenvalue weighted by atomic mass is 19.4. The molecule has 1 rings (SSSR count). The van der Waals surface area contributed by atoms with Crippen molar-refractivity contribution in [3.63, 3.8) is 0 Å². The van der Waals surface area contributed by atoms with E-state index < -0.39 is 40.6 Å². The largest absolute Gasteiger partial charge is 0.403 e. The third-order valence-electron chi connectivity index (χ3n) is 2.12. The molecule has 0 fully saturated rings. The highest BCUT2D eigenvalue weighted by molar-refractivity contribution is 5.37. The molecule has 0 saturated carbocycles. The molecule has 0 aliphatic heterocycles. The second kappa shape index (κ2) is 4.66. The van der Waals surface area contributed by atoms with E-state index in [4.69, 9.17) is 5.73 Å². The second-order valence-corrected chi connectivity index (χ2v) is 3.36. The van der Waals surface area contributed by atoms with E-state index >= 15 is 0 Å². The van der Waals surface area contributed by atoms with Crippen molar-refractivity contribution in [2.75, 3.05) is 0 Å². The van der Waals surface area contributed by atoms with Crippen LogP contribution in [0.3, 0.4) is 0 Å². The maximum Gasteiger partial charge on any atom is 0.403 e. The maximum atomic E-state index is 13.4. The average Bonchev–Trinajstić information content (AvgIpc) is 2.19. The minimum absolute atomic E-state index is 0.427. The van der Waals surface area contributed by atoms with Gasteiger partial charge in [0.2, 0.25) is 5.82 Å². The maximum absolute atomic E-state index is 13.4. The average molecular weight is 252 g/mol. The first-order valence-electron chi connectivity index (χ1n) is 4.47. The van der Waals surface area contributed by atoms with Crippen molar-refractivity contribution in [2.45, 2.75) is 18.6 Å². The molecule has 94 valence electrons. The third-order valence-corrected chi connectivity index (χ3v) is 2.12. The van der Waals surface area contributed by atoms with Gasteiger partial charge in [-0.2, -0.15) is 17.6 Å². The van der Waals surface area contributed by atoms with E-state index in [2.05, 4.69) is 0 Å². The predicted molar refractivity (Wildman–Crippen MR) is 50.8 cm³/mol. The summed E-state index contributed by atoms with van der Waals surface area (Å²) in [6.07, 6.45) is -5.51. The Kier molecular flexibility index (Phi) is 3.66. The Morgan fingerprint density at radius 2 is 2.00 bits per heavy atom. The summed E-state index contributed by atoms with van der Waals surface area (Å²) < 4.78 is 49.8. The van der Waals surface area contributed by atoms with Crippen LogP contribution in [0.5, 0.6) is 0 Å². The first-order chi connectivity index (χ1) is 7.73. The first-order valence-corrected chi connectivity index (χ1v) is 4.47. The van der Waals surface area contributed by atoms with Crippen LogP contribution < -0.4 is 5.73 Å². The third kappa shape index (κ3) is 3.13. The summed E-state index contributed by atoms with van der Waals surface area (Å²) in [7, 11) is 0. The quantitative estimate of drug-likeness (QED) is 0.509. The van der Waals surface area contributed by atoms with E-state index in [1.165, 1.54) is 0 Å². The van der Waals surface area contributed by atoms with Crippen LogP contribution in [-0.4, -0.2) is 17.1 Å². The molecule has 0 aromatic heterocycles. The molecule has 0 heterocycles. The van der Waals surface area contributed by atoms with Gasteiger partial charge in [0, 0.05) is 6.07 Å². The topological polar surface area (TPSA) is 69.2 Å². The van der Waals surface area contributed by atoms with Crippen LogP contribution in [0.15, 0.2) is 18.2 Å². The predicted octanol–water partition coefficient (Wildman–Crippen LogP) is 2.17. The van der Waals surface area contributed by atoms with Crippen LogP contribution in [0.25, 0.3) is 0 Å². The van der Waals surface area contributed by atoms with Gasteiger partial charge in [-0.15, -0.1) is 0 Å². The Morgan fingerprint density at radius 3 is 2.47 bits per heavy atom. The Balaban J connectivity index is 3.01. The molecule has 8 heteroatoms. The van der Waals surface area contributed by atoms with Gasteiger partial charge in [0.25, 0.3) is 0 Å². The minimum atomic E-state index is -4.67. The number of hydrogen-bond acceptors (Lipinski definition) is 3. The van der Waals surface area contributed by atoms with Crippen molar-refractivity contribution in [3.8, 4) is 0 Å². The number of hydrogen-bond donors (Lipinski definition) is 1. The number of nitrogens with two attached hydrogens (primary N) is 1. The summed E-state index contributed by atoms with van der Waals surface area (Å²) in [6.45, 7) is 0.